The van der Waals surface area contributed by atoms with Crippen LogP contribution in [0.2, 0.25) is 0 Å². The van der Waals surface area contributed by atoms with E-state index in [-0.39, 0.29) is 6.61 Å². The van der Waals surface area contributed by atoms with Gasteiger partial charge in [0.15, 0.2) is 0 Å². The Morgan fingerprint density at radius 2 is 1.88 bits per heavy atom. The maximum absolute atomic E-state index is 9.05. The molecule has 0 heterocycles. The van der Waals surface area contributed by atoms with Crippen molar-refractivity contribution in [3.8, 4) is 0 Å². The lowest BCUT2D eigenvalue weighted by molar-refractivity contribution is 0.282. The SMILES string of the molecule is C=CCN(CC=C)c1ccc(CO)cc1C. The smallest absolute Gasteiger partial charge is 0.0681 e. The van der Waals surface area contributed by atoms with Crippen LogP contribution in [0, 0.1) is 6.92 Å². The van der Waals surface area contributed by atoms with Crippen LogP contribution in [0.3, 0.4) is 0 Å². The van der Waals surface area contributed by atoms with Gasteiger partial charge in [-0.15, -0.1) is 13.2 Å². The summed E-state index contributed by atoms with van der Waals surface area (Å²) in [6, 6.07) is 5.99. The Bertz CT molecular complexity index is 361. The summed E-state index contributed by atoms with van der Waals surface area (Å²) in [7, 11) is 0. The van der Waals surface area contributed by atoms with Gasteiger partial charge in [0.2, 0.25) is 0 Å². The fourth-order valence-corrected chi connectivity index (χ4v) is 1.75. The minimum absolute atomic E-state index is 0.0873. The molecule has 2 heteroatoms. The molecule has 0 aliphatic carbocycles. The number of rotatable bonds is 6. The lowest BCUT2D eigenvalue weighted by atomic mass is 10.1. The van der Waals surface area contributed by atoms with Gasteiger partial charge >= 0.3 is 0 Å². The van der Waals surface area contributed by atoms with Crippen LogP contribution in [-0.2, 0) is 6.61 Å². The molecule has 1 rings (SSSR count). The Morgan fingerprint density at radius 1 is 1.25 bits per heavy atom. The fraction of sp³-hybridized carbons (Fsp3) is 0.286. The molecule has 0 saturated carbocycles. The van der Waals surface area contributed by atoms with Crippen LogP contribution >= 0.6 is 0 Å². The number of benzene rings is 1. The minimum atomic E-state index is 0.0873. The van der Waals surface area contributed by atoms with Crippen molar-refractivity contribution in [1.29, 1.82) is 0 Å². The number of hydrogen-bond acceptors (Lipinski definition) is 2. The van der Waals surface area contributed by atoms with E-state index in [0.29, 0.717) is 0 Å². The first-order valence-electron chi connectivity index (χ1n) is 5.40. The van der Waals surface area contributed by atoms with Crippen molar-refractivity contribution in [1.82, 2.24) is 0 Å². The molecule has 0 atom stereocenters. The van der Waals surface area contributed by atoms with Crippen molar-refractivity contribution in [2.45, 2.75) is 13.5 Å². The Kier molecular flexibility index (Phi) is 4.80. The highest BCUT2D eigenvalue weighted by Gasteiger charge is 2.06. The van der Waals surface area contributed by atoms with Gasteiger partial charge in [0.1, 0.15) is 0 Å². The molecular weight excluding hydrogens is 198 g/mol. The summed E-state index contributed by atoms with van der Waals surface area (Å²) in [5.74, 6) is 0. The van der Waals surface area contributed by atoms with Crippen LogP contribution in [-0.4, -0.2) is 18.2 Å². The zero-order chi connectivity index (χ0) is 12.0. The van der Waals surface area contributed by atoms with Crippen LogP contribution in [0.1, 0.15) is 11.1 Å². The molecule has 0 fully saturated rings. The highest BCUT2D eigenvalue weighted by Crippen LogP contribution is 2.21. The van der Waals surface area contributed by atoms with E-state index in [9.17, 15) is 0 Å². The molecular formula is C14H19NO. The molecule has 0 amide bonds. The van der Waals surface area contributed by atoms with Gasteiger partial charge < -0.3 is 10.0 Å². The van der Waals surface area contributed by atoms with Crippen molar-refractivity contribution in [3.05, 3.63) is 54.6 Å². The van der Waals surface area contributed by atoms with Crippen molar-refractivity contribution in [2.24, 2.45) is 0 Å². The molecule has 1 aromatic rings. The van der Waals surface area contributed by atoms with Crippen LogP contribution in [0.4, 0.5) is 5.69 Å². The average Bonchev–Trinajstić information content (AvgIpc) is 2.29. The second-order valence-corrected chi connectivity index (χ2v) is 3.76. The largest absolute Gasteiger partial charge is 0.392 e. The van der Waals surface area contributed by atoms with Gasteiger partial charge in [-0.2, -0.15) is 0 Å². The molecule has 0 unspecified atom stereocenters. The third kappa shape index (κ3) is 2.97. The quantitative estimate of drug-likeness (QED) is 0.740. The lowest BCUT2D eigenvalue weighted by Gasteiger charge is -2.24. The summed E-state index contributed by atoms with van der Waals surface area (Å²) < 4.78 is 0. The summed E-state index contributed by atoms with van der Waals surface area (Å²) in [5, 5.41) is 9.05. The van der Waals surface area contributed by atoms with E-state index in [1.165, 1.54) is 0 Å². The highest BCUT2D eigenvalue weighted by atomic mass is 16.3. The number of hydrogen-bond donors (Lipinski definition) is 1. The van der Waals surface area contributed by atoms with E-state index >= 15 is 0 Å². The van der Waals surface area contributed by atoms with E-state index < -0.39 is 0 Å². The summed E-state index contributed by atoms with van der Waals surface area (Å²) in [4.78, 5) is 2.19. The van der Waals surface area contributed by atoms with E-state index in [0.717, 1.165) is 29.9 Å². The predicted molar refractivity (Wildman–Crippen MR) is 69.7 cm³/mol. The van der Waals surface area contributed by atoms with Crippen LogP contribution < -0.4 is 4.90 Å². The molecule has 0 aliphatic heterocycles. The maximum atomic E-state index is 9.05. The van der Waals surface area contributed by atoms with Crippen molar-refractivity contribution in [2.75, 3.05) is 18.0 Å². The molecule has 0 radical (unpaired) electrons. The van der Waals surface area contributed by atoms with Crippen LogP contribution in [0.5, 0.6) is 0 Å². The van der Waals surface area contributed by atoms with Crippen molar-refractivity contribution >= 4 is 5.69 Å². The minimum Gasteiger partial charge on any atom is -0.392 e. The van der Waals surface area contributed by atoms with Crippen molar-refractivity contribution in [3.63, 3.8) is 0 Å². The second kappa shape index (κ2) is 6.13. The molecule has 0 aliphatic rings. The summed E-state index contributed by atoms with van der Waals surface area (Å²) in [6.45, 7) is 11.2. The molecule has 0 bridgehead atoms. The Labute approximate surface area is 97.5 Å². The molecule has 2 nitrogen and oxygen atoms in total. The van der Waals surface area contributed by atoms with Gasteiger partial charge in [0.05, 0.1) is 6.61 Å². The molecule has 1 aromatic carbocycles. The van der Waals surface area contributed by atoms with Gasteiger partial charge in [-0.3, -0.25) is 0 Å². The van der Waals surface area contributed by atoms with Gasteiger partial charge in [0.25, 0.3) is 0 Å². The number of aryl methyl sites for hydroxylation is 1. The van der Waals surface area contributed by atoms with Gasteiger partial charge in [0, 0.05) is 18.8 Å². The topological polar surface area (TPSA) is 23.5 Å². The summed E-state index contributed by atoms with van der Waals surface area (Å²) in [6.07, 6.45) is 3.76. The van der Waals surface area contributed by atoms with Crippen LogP contribution in [0.15, 0.2) is 43.5 Å². The zero-order valence-electron chi connectivity index (χ0n) is 9.82. The predicted octanol–water partition coefficient (Wildman–Crippen LogP) is 2.67. The molecule has 0 spiro atoms. The summed E-state index contributed by atoms with van der Waals surface area (Å²) in [5.41, 5.74) is 3.27. The molecule has 0 aromatic heterocycles. The van der Waals surface area contributed by atoms with E-state index in [1.54, 1.807) is 0 Å². The normalized spacial score (nSPS) is 9.88. The first kappa shape index (κ1) is 12.5. The monoisotopic (exact) mass is 217 g/mol. The lowest BCUT2D eigenvalue weighted by Crippen LogP contribution is -2.23. The molecule has 0 saturated heterocycles. The van der Waals surface area contributed by atoms with Gasteiger partial charge in [-0.1, -0.05) is 24.3 Å². The highest BCUT2D eigenvalue weighted by molar-refractivity contribution is 5.55. The van der Waals surface area contributed by atoms with Crippen molar-refractivity contribution < 1.29 is 5.11 Å². The average molecular weight is 217 g/mol. The third-order valence-corrected chi connectivity index (χ3v) is 2.48. The zero-order valence-corrected chi connectivity index (χ0v) is 9.82. The standard InChI is InChI=1S/C14H19NO/c1-4-8-15(9-5-2)14-7-6-13(11-16)10-12(14)3/h4-7,10,16H,1-2,8-9,11H2,3H3. The first-order valence-corrected chi connectivity index (χ1v) is 5.40. The first-order chi connectivity index (χ1) is 7.72. The second-order valence-electron chi connectivity index (χ2n) is 3.76. The summed E-state index contributed by atoms with van der Waals surface area (Å²) >= 11 is 0. The van der Waals surface area contributed by atoms with E-state index in [4.69, 9.17) is 5.11 Å². The molecule has 1 N–H and O–H groups in total. The number of aliphatic hydroxyl groups is 1. The number of aliphatic hydroxyl groups excluding tert-OH is 1. The number of anilines is 1. The molecule has 16 heavy (non-hydrogen) atoms. The van der Waals surface area contributed by atoms with Gasteiger partial charge in [-0.25, -0.2) is 0 Å². The fourth-order valence-electron chi connectivity index (χ4n) is 1.75. The Morgan fingerprint density at radius 3 is 2.31 bits per heavy atom. The van der Waals surface area contributed by atoms with E-state index in [1.807, 2.05) is 37.3 Å². The van der Waals surface area contributed by atoms with Gasteiger partial charge in [-0.05, 0) is 24.1 Å². The number of nitrogens with zero attached hydrogens (tertiary/aromatic N) is 1. The molecule has 86 valence electrons. The van der Waals surface area contributed by atoms with Crippen LogP contribution in [0.25, 0.3) is 0 Å². The Hall–Kier alpha value is -1.54. The Balaban J connectivity index is 2.99. The maximum Gasteiger partial charge on any atom is 0.0681 e. The third-order valence-electron chi connectivity index (χ3n) is 2.48. The van der Waals surface area contributed by atoms with E-state index in [2.05, 4.69) is 18.1 Å².